The summed E-state index contributed by atoms with van der Waals surface area (Å²) in [5, 5.41) is 3.65. The van der Waals surface area contributed by atoms with Gasteiger partial charge in [0.15, 0.2) is 0 Å². The largest absolute Gasteiger partial charge is 0.355 e. The van der Waals surface area contributed by atoms with Crippen molar-refractivity contribution in [2.24, 2.45) is 0 Å². The maximum atomic E-state index is 4.40. The van der Waals surface area contributed by atoms with Crippen molar-refractivity contribution in [3.05, 3.63) is 139 Å². The highest BCUT2D eigenvalue weighted by atomic mass is 15.1. The molecule has 5 rings (SSSR count). The monoisotopic (exact) mass is 414 g/mol. The first kappa shape index (κ1) is 19.9. The Hall–Kier alpha value is -4.04. The summed E-state index contributed by atoms with van der Waals surface area (Å²) < 4.78 is 0. The number of hydrogen-bond acceptors (Lipinski definition) is 2. The van der Waals surface area contributed by atoms with E-state index in [2.05, 4.69) is 126 Å². The smallest absolute Gasteiger partial charge is 0.0530 e. The molecule has 0 bridgehead atoms. The summed E-state index contributed by atoms with van der Waals surface area (Å²) >= 11 is 0. The van der Waals surface area contributed by atoms with E-state index in [1.165, 1.54) is 16.8 Å². The molecule has 0 saturated heterocycles. The Kier molecular flexibility index (Phi) is 5.59. The normalized spacial score (nSPS) is 18.0. The second-order valence-corrected chi connectivity index (χ2v) is 7.99. The summed E-state index contributed by atoms with van der Waals surface area (Å²) in [4.78, 5) is 2.29. The van der Waals surface area contributed by atoms with Crippen molar-refractivity contribution in [2.45, 2.75) is 12.8 Å². The van der Waals surface area contributed by atoms with Gasteiger partial charge in [-0.2, -0.15) is 0 Å². The van der Waals surface area contributed by atoms with E-state index in [4.69, 9.17) is 0 Å². The lowest BCUT2D eigenvalue weighted by atomic mass is 9.99. The molecular formula is C30H26N2. The van der Waals surface area contributed by atoms with Gasteiger partial charge < -0.3 is 10.2 Å². The molecule has 2 heteroatoms. The molecule has 3 aromatic rings. The van der Waals surface area contributed by atoms with Gasteiger partial charge in [-0.15, -0.1) is 0 Å². The number of allylic oxidation sites excluding steroid dienone is 7. The van der Waals surface area contributed by atoms with Crippen LogP contribution in [0.25, 0.3) is 16.7 Å². The van der Waals surface area contributed by atoms with Gasteiger partial charge in [0.05, 0.1) is 5.69 Å². The summed E-state index contributed by atoms with van der Waals surface area (Å²) in [6.45, 7) is 4.40. The standard InChI is InChI=1S/C30H26N2/c1-23-22-25(31-29-18-10-8-17-28(29)24-12-4-2-5-13-24)20-21-32(26-14-6-3-7-15-26)30-19-11-9-16-27(23)30/h2-6,8-14,16-22,31H,1,7,15H2/b21-20-,25-22+. The van der Waals surface area contributed by atoms with Gasteiger partial charge >= 0.3 is 0 Å². The van der Waals surface area contributed by atoms with E-state index in [1.807, 2.05) is 6.07 Å². The van der Waals surface area contributed by atoms with Crippen molar-refractivity contribution in [1.29, 1.82) is 0 Å². The Labute approximate surface area is 190 Å². The highest BCUT2D eigenvalue weighted by molar-refractivity contribution is 5.86. The van der Waals surface area contributed by atoms with E-state index >= 15 is 0 Å². The van der Waals surface area contributed by atoms with Crippen molar-refractivity contribution < 1.29 is 0 Å². The van der Waals surface area contributed by atoms with E-state index in [0.29, 0.717) is 0 Å². The zero-order valence-corrected chi connectivity index (χ0v) is 18.0. The zero-order chi connectivity index (χ0) is 21.8. The summed E-state index contributed by atoms with van der Waals surface area (Å²) in [6.07, 6.45) is 15.1. The average Bonchev–Trinajstić information content (AvgIpc) is 2.85. The molecule has 0 radical (unpaired) electrons. The first-order chi connectivity index (χ1) is 15.8. The molecule has 3 aromatic carbocycles. The highest BCUT2D eigenvalue weighted by Gasteiger charge is 2.17. The number of anilines is 2. The third kappa shape index (κ3) is 4.08. The minimum absolute atomic E-state index is 0.988. The molecule has 0 spiro atoms. The van der Waals surface area contributed by atoms with Crippen LogP contribution in [0.1, 0.15) is 18.4 Å². The Morgan fingerprint density at radius 3 is 2.38 bits per heavy atom. The number of rotatable bonds is 4. The second-order valence-electron chi connectivity index (χ2n) is 7.99. The topological polar surface area (TPSA) is 15.3 Å². The van der Waals surface area contributed by atoms with Crippen LogP contribution in [0, 0.1) is 0 Å². The average molecular weight is 415 g/mol. The number of para-hydroxylation sites is 2. The number of benzene rings is 3. The molecule has 0 fully saturated rings. The van der Waals surface area contributed by atoms with Gasteiger partial charge in [-0.3, -0.25) is 0 Å². The predicted molar refractivity (Wildman–Crippen MR) is 137 cm³/mol. The summed E-state index contributed by atoms with van der Waals surface area (Å²) in [5.41, 5.74) is 9.02. The minimum Gasteiger partial charge on any atom is -0.355 e. The van der Waals surface area contributed by atoms with Gasteiger partial charge in [-0.25, -0.2) is 0 Å². The van der Waals surface area contributed by atoms with Gasteiger partial charge in [0.1, 0.15) is 0 Å². The number of nitrogens with one attached hydrogen (secondary N) is 1. The van der Waals surface area contributed by atoms with Gasteiger partial charge in [-0.1, -0.05) is 85.5 Å². The molecule has 1 aliphatic carbocycles. The Bertz CT molecular complexity index is 1260. The highest BCUT2D eigenvalue weighted by Crippen LogP contribution is 2.35. The lowest BCUT2D eigenvalue weighted by Gasteiger charge is -2.29. The van der Waals surface area contributed by atoms with E-state index < -0.39 is 0 Å². The lowest BCUT2D eigenvalue weighted by molar-refractivity contribution is 0.913. The molecule has 1 aliphatic heterocycles. The van der Waals surface area contributed by atoms with Crippen molar-refractivity contribution in [3.8, 4) is 11.1 Å². The van der Waals surface area contributed by atoms with Gasteiger partial charge in [0.25, 0.3) is 0 Å². The maximum absolute atomic E-state index is 4.40. The van der Waals surface area contributed by atoms with Crippen LogP contribution in [0.5, 0.6) is 0 Å². The molecule has 0 atom stereocenters. The molecule has 0 amide bonds. The Morgan fingerprint density at radius 1 is 0.812 bits per heavy atom. The molecule has 0 saturated carbocycles. The Balaban J connectivity index is 1.55. The fourth-order valence-electron chi connectivity index (χ4n) is 4.24. The molecule has 1 heterocycles. The molecule has 0 unspecified atom stereocenters. The van der Waals surface area contributed by atoms with Crippen molar-refractivity contribution in [1.82, 2.24) is 0 Å². The number of nitrogens with zero attached hydrogens (tertiary/aromatic N) is 1. The molecular weight excluding hydrogens is 388 g/mol. The van der Waals surface area contributed by atoms with E-state index in [9.17, 15) is 0 Å². The summed E-state index contributed by atoms with van der Waals surface area (Å²) in [7, 11) is 0. The van der Waals surface area contributed by atoms with Crippen LogP contribution in [-0.4, -0.2) is 0 Å². The number of hydrogen-bond donors (Lipinski definition) is 1. The van der Waals surface area contributed by atoms with E-state index in [-0.39, 0.29) is 0 Å². The van der Waals surface area contributed by atoms with Crippen LogP contribution in [0.2, 0.25) is 0 Å². The maximum Gasteiger partial charge on any atom is 0.0530 e. The molecule has 2 nitrogen and oxygen atoms in total. The second kappa shape index (κ2) is 8.99. The molecule has 0 aromatic heterocycles. The zero-order valence-electron chi connectivity index (χ0n) is 18.0. The summed E-state index contributed by atoms with van der Waals surface area (Å²) in [5.74, 6) is 0. The molecule has 156 valence electrons. The number of fused-ring (bicyclic) bond motifs is 1. The van der Waals surface area contributed by atoms with E-state index in [1.54, 1.807) is 0 Å². The van der Waals surface area contributed by atoms with Crippen molar-refractivity contribution in [3.63, 3.8) is 0 Å². The predicted octanol–water partition coefficient (Wildman–Crippen LogP) is 7.93. The third-order valence-electron chi connectivity index (χ3n) is 5.83. The van der Waals surface area contributed by atoms with Crippen LogP contribution >= 0.6 is 0 Å². The quantitative estimate of drug-likeness (QED) is 0.466. The van der Waals surface area contributed by atoms with Crippen LogP contribution in [-0.2, 0) is 0 Å². The minimum atomic E-state index is 0.988. The van der Waals surface area contributed by atoms with Crippen LogP contribution in [0.15, 0.2) is 133 Å². The van der Waals surface area contributed by atoms with Crippen LogP contribution in [0.4, 0.5) is 11.4 Å². The van der Waals surface area contributed by atoms with Crippen molar-refractivity contribution in [2.75, 3.05) is 10.2 Å². The summed E-state index contributed by atoms with van der Waals surface area (Å²) in [6, 6.07) is 27.4. The van der Waals surface area contributed by atoms with Gasteiger partial charge in [-0.05, 0) is 54.3 Å². The fraction of sp³-hybridized carbons (Fsp3) is 0.0667. The van der Waals surface area contributed by atoms with Gasteiger partial charge in [0, 0.05) is 34.4 Å². The molecule has 32 heavy (non-hydrogen) atoms. The van der Waals surface area contributed by atoms with Crippen LogP contribution < -0.4 is 10.2 Å². The molecule has 2 aliphatic rings. The van der Waals surface area contributed by atoms with Gasteiger partial charge in [0.2, 0.25) is 0 Å². The van der Waals surface area contributed by atoms with Crippen LogP contribution in [0.3, 0.4) is 0 Å². The third-order valence-corrected chi connectivity index (χ3v) is 5.83. The molecule has 1 N–H and O–H groups in total. The van der Waals surface area contributed by atoms with E-state index in [0.717, 1.165) is 41.1 Å². The van der Waals surface area contributed by atoms with Crippen molar-refractivity contribution >= 4 is 16.9 Å². The lowest BCUT2D eigenvalue weighted by Crippen LogP contribution is -2.19. The Morgan fingerprint density at radius 2 is 1.56 bits per heavy atom. The SMILES string of the molecule is C=C1/C=C(Nc2ccccc2-c2ccccc2)\C=C/N(C2=CC=CCC2)c2ccccc21. The fourth-order valence-corrected chi connectivity index (χ4v) is 4.24. The first-order valence-electron chi connectivity index (χ1n) is 11.0. The first-order valence-corrected chi connectivity index (χ1v) is 11.0.